The predicted octanol–water partition coefficient (Wildman–Crippen LogP) is 1.86. The van der Waals surface area contributed by atoms with Crippen molar-refractivity contribution >= 4 is 16.5 Å². The highest BCUT2D eigenvalue weighted by Crippen LogP contribution is 2.13. The first-order valence-electron chi connectivity index (χ1n) is 2.13. The second-order valence-electron chi connectivity index (χ2n) is 1.11. The Hall–Kier alpha value is -0.770. The van der Waals surface area contributed by atoms with Crippen molar-refractivity contribution in [3.8, 4) is 0 Å². The monoisotopic (exact) mass is 127 g/mol. The van der Waals surface area contributed by atoms with Crippen molar-refractivity contribution in [2.45, 2.75) is 0 Å². The number of rotatable bonds is 1. The van der Waals surface area contributed by atoms with Gasteiger partial charge in [-0.15, -0.1) is 16.5 Å². The van der Waals surface area contributed by atoms with Gasteiger partial charge in [0.05, 0.1) is 0 Å². The molecule has 0 radical (unpaired) electrons. The zero-order chi connectivity index (χ0) is 5.82. The highest BCUT2D eigenvalue weighted by molar-refractivity contribution is 7.13. The molecule has 0 amide bonds. The van der Waals surface area contributed by atoms with E-state index in [2.05, 4.69) is 15.2 Å². The SMILES string of the molecule is CN=Nc1nccs1. The average molecular weight is 127 g/mol. The number of hydrogen-bond donors (Lipinski definition) is 0. The van der Waals surface area contributed by atoms with Crippen molar-refractivity contribution in [1.82, 2.24) is 4.98 Å². The molecule has 1 aromatic heterocycles. The summed E-state index contributed by atoms with van der Waals surface area (Å²) in [6.45, 7) is 0. The molecular formula is C4H5N3S. The van der Waals surface area contributed by atoms with Gasteiger partial charge in [-0.2, -0.15) is 5.11 Å². The van der Waals surface area contributed by atoms with Gasteiger partial charge in [0.2, 0.25) is 5.13 Å². The van der Waals surface area contributed by atoms with E-state index < -0.39 is 0 Å². The highest BCUT2D eigenvalue weighted by Gasteiger charge is 1.85. The van der Waals surface area contributed by atoms with E-state index in [9.17, 15) is 0 Å². The third kappa shape index (κ3) is 1.10. The van der Waals surface area contributed by atoms with E-state index in [1.54, 1.807) is 13.2 Å². The largest absolute Gasteiger partial charge is 0.229 e. The van der Waals surface area contributed by atoms with Crippen LogP contribution in [0.2, 0.25) is 0 Å². The van der Waals surface area contributed by atoms with Crippen molar-refractivity contribution in [3.05, 3.63) is 11.6 Å². The van der Waals surface area contributed by atoms with Crippen LogP contribution in [-0.2, 0) is 0 Å². The molecule has 42 valence electrons. The fourth-order valence-electron chi connectivity index (χ4n) is 0.351. The molecule has 8 heavy (non-hydrogen) atoms. The lowest BCUT2D eigenvalue weighted by Gasteiger charge is -1.72. The molecule has 0 saturated carbocycles. The lowest BCUT2D eigenvalue weighted by Crippen LogP contribution is -1.53. The van der Waals surface area contributed by atoms with Crippen LogP contribution >= 0.6 is 11.3 Å². The van der Waals surface area contributed by atoms with Gasteiger partial charge in [-0.25, -0.2) is 4.98 Å². The molecule has 0 aliphatic carbocycles. The Labute approximate surface area is 51.1 Å². The Morgan fingerprint density at radius 3 is 3.12 bits per heavy atom. The molecule has 0 aromatic carbocycles. The van der Waals surface area contributed by atoms with Crippen LogP contribution < -0.4 is 0 Å². The maximum absolute atomic E-state index is 3.86. The molecule has 0 atom stereocenters. The highest BCUT2D eigenvalue weighted by atomic mass is 32.1. The van der Waals surface area contributed by atoms with Crippen LogP contribution in [0.25, 0.3) is 0 Å². The molecule has 0 fully saturated rings. The minimum atomic E-state index is 0.715. The summed E-state index contributed by atoms with van der Waals surface area (Å²) in [5, 5.41) is 9.83. The maximum Gasteiger partial charge on any atom is 0.229 e. The second-order valence-corrected chi connectivity index (χ2v) is 1.99. The summed E-state index contributed by atoms with van der Waals surface area (Å²) in [6, 6.07) is 0. The van der Waals surface area contributed by atoms with Crippen LogP contribution in [-0.4, -0.2) is 12.0 Å². The number of aromatic nitrogens is 1. The van der Waals surface area contributed by atoms with Gasteiger partial charge in [0, 0.05) is 18.6 Å². The van der Waals surface area contributed by atoms with Crippen molar-refractivity contribution in [3.63, 3.8) is 0 Å². The van der Waals surface area contributed by atoms with E-state index in [-0.39, 0.29) is 0 Å². The van der Waals surface area contributed by atoms with E-state index in [0.29, 0.717) is 5.13 Å². The molecule has 4 heteroatoms. The molecule has 0 N–H and O–H groups in total. The molecule has 0 aliphatic heterocycles. The summed E-state index contributed by atoms with van der Waals surface area (Å²) in [5.74, 6) is 0. The van der Waals surface area contributed by atoms with E-state index in [0.717, 1.165) is 0 Å². The Morgan fingerprint density at radius 1 is 1.75 bits per heavy atom. The number of hydrogen-bond acceptors (Lipinski definition) is 4. The smallest absolute Gasteiger partial charge is 0.226 e. The zero-order valence-corrected chi connectivity index (χ0v) is 5.22. The summed E-state index contributed by atoms with van der Waals surface area (Å²) in [6.07, 6.45) is 1.70. The summed E-state index contributed by atoms with van der Waals surface area (Å²) in [4.78, 5) is 3.86. The summed E-state index contributed by atoms with van der Waals surface area (Å²) in [5.41, 5.74) is 0. The molecule has 1 heterocycles. The van der Waals surface area contributed by atoms with Gasteiger partial charge < -0.3 is 0 Å². The fraction of sp³-hybridized carbons (Fsp3) is 0.250. The molecule has 0 spiro atoms. The minimum absolute atomic E-state index is 0.715. The Morgan fingerprint density at radius 2 is 2.62 bits per heavy atom. The van der Waals surface area contributed by atoms with Gasteiger partial charge in [-0.3, -0.25) is 0 Å². The average Bonchev–Trinajstić information content (AvgIpc) is 2.19. The first-order chi connectivity index (χ1) is 3.93. The van der Waals surface area contributed by atoms with E-state index >= 15 is 0 Å². The molecule has 0 saturated heterocycles. The lowest BCUT2D eigenvalue weighted by molar-refractivity contribution is 1.15. The van der Waals surface area contributed by atoms with Crippen LogP contribution in [0, 0.1) is 0 Å². The van der Waals surface area contributed by atoms with Gasteiger partial charge in [0.25, 0.3) is 0 Å². The van der Waals surface area contributed by atoms with Crippen LogP contribution in [0.15, 0.2) is 21.8 Å². The van der Waals surface area contributed by atoms with Crippen molar-refractivity contribution < 1.29 is 0 Å². The second kappa shape index (κ2) is 2.52. The van der Waals surface area contributed by atoms with Gasteiger partial charge in [0.1, 0.15) is 0 Å². The van der Waals surface area contributed by atoms with Crippen LogP contribution in [0.5, 0.6) is 0 Å². The summed E-state index contributed by atoms with van der Waals surface area (Å²) >= 11 is 1.48. The molecular weight excluding hydrogens is 122 g/mol. The summed E-state index contributed by atoms with van der Waals surface area (Å²) in [7, 11) is 1.63. The number of thiazole rings is 1. The Balaban J connectivity index is 2.77. The normalized spacial score (nSPS) is 10.6. The van der Waals surface area contributed by atoms with Crippen LogP contribution in [0.3, 0.4) is 0 Å². The minimum Gasteiger partial charge on any atom is -0.226 e. The van der Waals surface area contributed by atoms with E-state index in [1.165, 1.54) is 11.3 Å². The van der Waals surface area contributed by atoms with E-state index in [4.69, 9.17) is 0 Å². The van der Waals surface area contributed by atoms with Crippen molar-refractivity contribution in [2.75, 3.05) is 7.05 Å². The maximum atomic E-state index is 3.86. The zero-order valence-electron chi connectivity index (χ0n) is 4.40. The van der Waals surface area contributed by atoms with Gasteiger partial charge in [-0.1, -0.05) is 0 Å². The van der Waals surface area contributed by atoms with Gasteiger partial charge >= 0.3 is 0 Å². The predicted molar refractivity (Wildman–Crippen MR) is 32.6 cm³/mol. The van der Waals surface area contributed by atoms with Crippen LogP contribution in [0.1, 0.15) is 0 Å². The molecule has 1 rings (SSSR count). The molecule has 3 nitrogen and oxygen atoms in total. The van der Waals surface area contributed by atoms with Crippen LogP contribution in [0.4, 0.5) is 5.13 Å². The van der Waals surface area contributed by atoms with Gasteiger partial charge in [0.15, 0.2) is 0 Å². The lowest BCUT2D eigenvalue weighted by atomic mass is 11.0. The Kier molecular flexibility index (Phi) is 1.69. The Bertz CT molecular complexity index is 167. The fourth-order valence-corrected chi connectivity index (χ4v) is 0.845. The van der Waals surface area contributed by atoms with Gasteiger partial charge in [-0.05, 0) is 0 Å². The summed E-state index contributed by atoms with van der Waals surface area (Å²) < 4.78 is 0. The quantitative estimate of drug-likeness (QED) is 0.530. The first kappa shape index (κ1) is 5.37. The van der Waals surface area contributed by atoms with Crippen molar-refractivity contribution in [2.24, 2.45) is 10.2 Å². The first-order valence-corrected chi connectivity index (χ1v) is 3.01. The third-order valence-electron chi connectivity index (χ3n) is 0.605. The number of azo groups is 1. The third-order valence-corrected chi connectivity index (χ3v) is 1.26. The number of nitrogens with zero attached hydrogens (tertiary/aromatic N) is 3. The standard InChI is InChI=1S/C4H5N3S/c1-5-7-4-6-2-3-8-4/h2-3H,1H3. The van der Waals surface area contributed by atoms with Crippen molar-refractivity contribution in [1.29, 1.82) is 0 Å². The molecule has 1 aromatic rings. The van der Waals surface area contributed by atoms with E-state index in [1.807, 2.05) is 5.38 Å². The molecule has 0 bridgehead atoms. The molecule has 0 unspecified atom stereocenters. The molecule has 0 aliphatic rings. The topological polar surface area (TPSA) is 37.6 Å².